The number of carboxylic acid groups (broad SMARTS) is 1. The van der Waals surface area contributed by atoms with Gasteiger partial charge in [-0.15, -0.1) is 0 Å². The predicted molar refractivity (Wildman–Crippen MR) is 142 cm³/mol. The van der Waals surface area contributed by atoms with E-state index in [1.54, 1.807) is 0 Å². The van der Waals surface area contributed by atoms with E-state index < -0.39 is 58.6 Å². The third-order valence-corrected chi connectivity index (χ3v) is 6.51. The van der Waals surface area contributed by atoms with Crippen LogP contribution in [0.15, 0.2) is 48.5 Å². The number of anilines is 1. The van der Waals surface area contributed by atoms with Crippen LogP contribution in [0.25, 0.3) is 0 Å². The molecular formula is C28H24ClF5N3NaO5. The van der Waals surface area contributed by atoms with E-state index in [9.17, 15) is 27.5 Å². The van der Waals surface area contributed by atoms with Gasteiger partial charge in [0.25, 0.3) is 5.91 Å². The smallest absolute Gasteiger partial charge is 0.550 e. The Balaban J connectivity index is 0.00000121. The number of hydrogen-bond donors (Lipinski definition) is 3. The van der Waals surface area contributed by atoms with Crippen molar-refractivity contribution in [3.05, 3.63) is 93.0 Å². The Morgan fingerprint density at radius 3 is 2.35 bits per heavy atom. The number of aromatic hydroxyl groups is 1. The number of carboxylic acids is 1. The fourth-order valence-corrected chi connectivity index (χ4v) is 4.33. The summed E-state index contributed by atoms with van der Waals surface area (Å²) in [6, 6.07) is 8.13. The molecule has 4 rings (SSSR count). The third-order valence-electron chi connectivity index (χ3n) is 6.15. The number of alkyl halides is 3. The van der Waals surface area contributed by atoms with Gasteiger partial charge in [0, 0.05) is 60.1 Å². The van der Waals surface area contributed by atoms with Crippen LogP contribution in [0.2, 0.25) is 5.02 Å². The molecule has 1 amide bonds. The molecule has 224 valence electrons. The summed E-state index contributed by atoms with van der Waals surface area (Å²) in [5, 5.41) is 29.6. The second-order valence-corrected chi connectivity index (χ2v) is 9.50. The zero-order valence-electron chi connectivity index (χ0n) is 23.1. The molecule has 3 N–H and O–H groups in total. The number of phenolic OH excluding ortho intramolecular Hbond substituents is 1. The number of nitrogens with one attached hydrogen (secondary N) is 2. The number of hydrogen-bond acceptors (Lipinski definition) is 7. The second-order valence-electron chi connectivity index (χ2n) is 9.10. The van der Waals surface area contributed by atoms with Gasteiger partial charge in [-0.1, -0.05) is 17.7 Å². The minimum absolute atomic E-state index is 0. The molecule has 0 unspecified atom stereocenters. The van der Waals surface area contributed by atoms with Crippen LogP contribution < -0.4 is 40.0 Å². The van der Waals surface area contributed by atoms with E-state index in [1.807, 2.05) is 0 Å². The van der Waals surface area contributed by atoms with Crippen molar-refractivity contribution in [2.75, 3.05) is 25.5 Å². The van der Waals surface area contributed by atoms with E-state index >= 15 is 4.39 Å². The predicted octanol–water partition coefficient (Wildman–Crippen LogP) is 1.60. The molecular weight excluding hydrogens is 612 g/mol. The Bertz CT molecular complexity index is 1510. The van der Waals surface area contributed by atoms with Crippen molar-refractivity contribution in [3.63, 3.8) is 0 Å². The van der Waals surface area contributed by atoms with Crippen molar-refractivity contribution in [1.29, 1.82) is 5.41 Å². The van der Waals surface area contributed by atoms with Gasteiger partial charge in [0.15, 0.2) is 0 Å². The number of carbonyl (C=O) groups is 2. The van der Waals surface area contributed by atoms with E-state index in [2.05, 4.69) is 5.32 Å². The number of aliphatic carboxylic acids is 1. The van der Waals surface area contributed by atoms with Crippen molar-refractivity contribution < 1.29 is 76.0 Å². The fourth-order valence-electron chi connectivity index (χ4n) is 4.09. The quantitative estimate of drug-likeness (QED) is 0.206. The molecule has 1 aliphatic rings. The molecule has 1 fully saturated rings. The largest absolute Gasteiger partial charge is 1.00 e. The Morgan fingerprint density at radius 2 is 1.77 bits per heavy atom. The molecule has 3 aromatic carbocycles. The third kappa shape index (κ3) is 8.89. The zero-order valence-corrected chi connectivity index (χ0v) is 25.9. The molecule has 0 spiro atoms. The minimum atomic E-state index is -4.74. The van der Waals surface area contributed by atoms with Gasteiger partial charge in [0.1, 0.15) is 17.4 Å². The summed E-state index contributed by atoms with van der Waals surface area (Å²) in [5.41, 5.74) is -3.40. The number of nitrogens with zero attached hydrogens (tertiary/aromatic N) is 1. The number of ether oxygens (including phenoxy) is 1. The molecule has 8 nitrogen and oxygen atoms in total. The number of amides is 1. The standard InChI is InChI=1S/C26H21ClF5N3O3.C2H4O2.Na/c1-38-15-11-35(12-15)25(37)13-7-21(29)23(24(33)16-9-14(36)5-6-20(16)28)22(8-13)34-10-17-18(26(30,31)32)3-2-4-19(17)27;1-2(3)4;/h2-9,15,33-34,36H,10-12H2,1H3;1H3,(H,3,4);/q;;+1/p-1. The van der Waals surface area contributed by atoms with Gasteiger partial charge in [0.05, 0.1) is 22.9 Å². The summed E-state index contributed by atoms with van der Waals surface area (Å²) in [4.78, 5) is 23.2. The van der Waals surface area contributed by atoms with Crippen molar-refractivity contribution in [1.82, 2.24) is 4.90 Å². The molecule has 3 aromatic rings. The minimum Gasteiger partial charge on any atom is -0.550 e. The normalized spacial score (nSPS) is 12.8. The number of methoxy groups -OCH3 is 1. The summed E-state index contributed by atoms with van der Waals surface area (Å²) in [7, 11) is 1.49. The van der Waals surface area contributed by atoms with Crippen LogP contribution in [0.3, 0.4) is 0 Å². The van der Waals surface area contributed by atoms with Crippen LogP contribution in [-0.2, 0) is 22.3 Å². The average molecular weight is 636 g/mol. The van der Waals surface area contributed by atoms with E-state index in [1.165, 1.54) is 24.1 Å². The van der Waals surface area contributed by atoms with Gasteiger partial charge < -0.3 is 30.0 Å². The molecule has 0 aromatic heterocycles. The van der Waals surface area contributed by atoms with Gasteiger partial charge in [-0.3, -0.25) is 10.2 Å². The average Bonchev–Trinajstić information content (AvgIpc) is 2.87. The molecule has 0 radical (unpaired) electrons. The second kappa shape index (κ2) is 15.0. The van der Waals surface area contributed by atoms with E-state index in [0.717, 1.165) is 43.3 Å². The number of phenols is 1. The Morgan fingerprint density at radius 1 is 1.14 bits per heavy atom. The Hall–Kier alpha value is -3.23. The monoisotopic (exact) mass is 635 g/mol. The molecule has 0 bridgehead atoms. The Kier molecular flexibility index (Phi) is 12.5. The van der Waals surface area contributed by atoms with Crippen molar-refractivity contribution >= 4 is 34.9 Å². The van der Waals surface area contributed by atoms with Crippen LogP contribution in [0, 0.1) is 17.0 Å². The van der Waals surface area contributed by atoms with Gasteiger partial charge in [0.2, 0.25) is 0 Å². The molecule has 1 saturated heterocycles. The van der Waals surface area contributed by atoms with Crippen LogP contribution in [-0.4, -0.2) is 53.9 Å². The number of likely N-dealkylation sites (tertiary alicyclic amines) is 1. The van der Waals surface area contributed by atoms with E-state index in [4.69, 9.17) is 31.6 Å². The van der Waals surface area contributed by atoms with Gasteiger partial charge in [-0.05, 0) is 49.4 Å². The first-order chi connectivity index (χ1) is 19.6. The first kappa shape index (κ1) is 36.0. The van der Waals surface area contributed by atoms with Crippen molar-refractivity contribution in [3.8, 4) is 5.75 Å². The Labute approximate surface area is 270 Å². The molecule has 0 atom stereocenters. The summed E-state index contributed by atoms with van der Waals surface area (Å²) in [6.45, 7) is 0.949. The maximum atomic E-state index is 15.5. The van der Waals surface area contributed by atoms with Crippen molar-refractivity contribution in [2.24, 2.45) is 0 Å². The fraction of sp³-hybridized carbons (Fsp3) is 0.250. The van der Waals surface area contributed by atoms with E-state index in [0.29, 0.717) is 0 Å². The van der Waals surface area contributed by atoms with Gasteiger partial charge in [-0.2, -0.15) is 13.2 Å². The number of carbonyl (C=O) groups excluding carboxylic acids is 2. The molecule has 43 heavy (non-hydrogen) atoms. The maximum Gasteiger partial charge on any atom is 1.00 e. The summed E-state index contributed by atoms with van der Waals surface area (Å²) in [5.74, 6) is -4.06. The van der Waals surface area contributed by atoms with E-state index in [-0.39, 0.29) is 76.3 Å². The maximum absolute atomic E-state index is 15.5. The van der Waals surface area contributed by atoms with Crippen LogP contribution in [0.4, 0.5) is 27.6 Å². The number of benzene rings is 3. The molecule has 1 heterocycles. The number of halogens is 6. The molecule has 0 saturated carbocycles. The molecule has 1 aliphatic heterocycles. The molecule has 15 heteroatoms. The summed E-state index contributed by atoms with van der Waals surface area (Å²) >= 11 is 6.04. The zero-order chi connectivity index (χ0) is 31.4. The van der Waals surface area contributed by atoms with Gasteiger partial charge >= 0.3 is 35.7 Å². The van der Waals surface area contributed by atoms with Crippen LogP contribution in [0.5, 0.6) is 5.75 Å². The first-order valence-electron chi connectivity index (χ1n) is 12.1. The van der Waals surface area contributed by atoms with Crippen LogP contribution >= 0.6 is 11.6 Å². The van der Waals surface area contributed by atoms with Crippen LogP contribution in [0.1, 0.15) is 39.5 Å². The first-order valence-corrected chi connectivity index (χ1v) is 12.5. The summed E-state index contributed by atoms with van der Waals surface area (Å²) in [6.07, 6.45) is -4.91. The van der Waals surface area contributed by atoms with Crippen molar-refractivity contribution in [2.45, 2.75) is 25.7 Å². The topological polar surface area (TPSA) is 126 Å². The SMILES string of the molecule is CC(=O)[O-].COC1CN(C(=O)c2cc(F)c(C(=N)c3cc(O)ccc3F)c(NCc3c(Cl)cccc3C(F)(F)F)c2)C1.[Na+]. The number of rotatable bonds is 7. The molecule has 0 aliphatic carbocycles. The summed E-state index contributed by atoms with van der Waals surface area (Å²) < 4.78 is 75.9. The van der Waals surface area contributed by atoms with Gasteiger partial charge in [-0.25, -0.2) is 8.78 Å².